The standard InChI is InChI=1S/C72H52N2/c1-3-73(69-37-21-15-27-51(69)47-23-7-5-8-24-47)49-39-41-57-59-45-68-60(46-67(59)71(65(57)43-49)61-33-17-11-29-53(61)54-30-12-18-34-62(54)71)58-42-40-50(74(4-2)70-38-22-16-28-52(70)48-25-9-6-10-26-48)44-66(58)72(68)63-35-19-13-31-55(63)56-32-14-20-36-64(56)72/h5-46H,3-4H2,1-2H3. The van der Waals surface area contributed by atoms with Crippen molar-refractivity contribution in [2.75, 3.05) is 22.9 Å². The van der Waals surface area contributed by atoms with Crippen molar-refractivity contribution in [1.82, 2.24) is 0 Å². The fourth-order valence-electron chi connectivity index (χ4n) is 14.2. The maximum Gasteiger partial charge on any atom is 0.0726 e. The van der Waals surface area contributed by atoms with E-state index in [9.17, 15) is 0 Å². The summed E-state index contributed by atoms with van der Waals surface area (Å²) in [5.74, 6) is 0. The van der Waals surface area contributed by atoms with Crippen LogP contribution in [0.1, 0.15) is 58.4 Å². The van der Waals surface area contributed by atoms with Gasteiger partial charge in [0.15, 0.2) is 0 Å². The van der Waals surface area contributed by atoms with Crippen molar-refractivity contribution < 1.29 is 0 Å². The van der Waals surface area contributed by atoms with Crippen LogP contribution in [0.2, 0.25) is 0 Å². The fraction of sp³-hybridized carbons (Fsp3) is 0.0833. The molecular weight excluding hydrogens is 893 g/mol. The van der Waals surface area contributed by atoms with E-state index >= 15 is 0 Å². The van der Waals surface area contributed by atoms with Crippen molar-refractivity contribution in [3.8, 4) is 66.8 Å². The third-order valence-electron chi connectivity index (χ3n) is 17.1. The Kier molecular flexibility index (Phi) is 9.38. The van der Waals surface area contributed by atoms with Crippen LogP contribution in [0.3, 0.4) is 0 Å². The highest BCUT2D eigenvalue weighted by Crippen LogP contribution is 2.68. The first kappa shape index (κ1) is 42.7. The fourth-order valence-corrected chi connectivity index (χ4v) is 14.2. The number of fused-ring (bicyclic) bond motifs is 20. The smallest absolute Gasteiger partial charge is 0.0726 e. The number of hydrogen-bond donors (Lipinski definition) is 0. The predicted octanol–water partition coefficient (Wildman–Crippen LogP) is 18.0. The van der Waals surface area contributed by atoms with Crippen LogP contribution in [-0.2, 0) is 10.8 Å². The zero-order chi connectivity index (χ0) is 49.1. The van der Waals surface area contributed by atoms with Crippen molar-refractivity contribution in [3.63, 3.8) is 0 Å². The summed E-state index contributed by atoms with van der Waals surface area (Å²) in [6.45, 7) is 6.20. The molecule has 0 amide bonds. The van der Waals surface area contributed by atoms with Gasteiger partial charge in [-0.3, -0.25) is 0 Å². The van der Waals surface area contributed by atoms with Crippen LogP contribution in [0, 0.1) is 0 Å². The van der Waals surface area contributed by atoms with Crippen molar-refractivity contribution in [3.05, 3.63) is 299 Å². The topological polar surface area (TPSA) is 6.48 Å². The minimum Gasteiger partial charge on any atom is -0.341 e. The molecule has 74 heavy (non-hydrogen) atoms. The second kappa shape index (κ2) is 16.3. The van der Waals surface area contributed by atoms with Gasteiger partial charge in [-0.2, -0.15) is 0 Å². The molecule has 4 aliphatic rings. The molecule has 0 bridgehead atoms. The molecule has 4 aliphatic carbocycles. The van der Waals surface area contributed by atoms with Crippen molar-refractivity contribution in [2.45, 2.75) is 24.7 Å². The molecule has 0 aromatic heterocycles. The molecule has 0 saturated carbocycles. The second-order valence-electron chi connectivity index (χ2n) is 20.3. The predicted molar refractivity (Wildman–Crippen MR) is 308 cm³/mol. The zero-order valence-corrected chi connectivity index (χ0v) is 41.6. The van der Waals surface area contributed by atoms with E-state index in [0.29, 0.717) is 0 Å². The molecule has 2 heteroatoms. The largest absolute Gasteiger partial charge is 0.341 e. The molecule has 0 radical (unpaired) electrons. The molecule has 0 aliphatic heterocycles. The highest BCUT2D eigenvalue weighted by Gasteiger charge is 2.56. The van der Waals surface area contributed by atoms with E-state index in [2.05, 4.69) is 278 Å². The minimum absolute atomic E-state index is 0.553. The van der Waals surface area contributed by atoms with Crippen LogP contribution < -0.4 is 9.80 Å². The van der Waals surface area contributed by atoms with Gasteiger partial charge in [-0.1, -0.05) is 206 Å². The molecule has 0 N–H and O–H groups in total. The van der Waals surface area contributed by atoms with Gasteiger partial charge >= 0.3 is 0 Å². The summed E-state index contributed by atoms with van der Waals surface area (Å²) in [6, 6.07) is 96.4. The average Bonchev–Trinajstić information content (AvgIpc) is 4.17. The van der Waals surface area contributed by atoms with E-state index in [1.807, 2.05) is 0 Å². The molecule has 0 saturated heterocycles. The van der Waals surface area contributed by atoms with Gasteiger partial charge < -0.3 is 9.80 Å². The SMILES string of the molecule is CCN(c1ccc2c(c1)C1(c3ccccc3-c3ccccc31)c1cc3c(cc1-2)C1(c2ccccc2-c2ccccc21)c1cc(N(CC)c2ccccc2-c2ccccc2)ccc1-3)c1ccccc1-c1ccccc1. The van der Waals surface area contributed by atoms with Crippen LogP contribution in [-0.4, -0.2) is 13.1 Å². The Bertz CT molecular complexity index is 3710. The van der Waals surface area contributed by atoms with E-state index in [4.69, 9.17) is 0 Å². The highest BCUT2D eigenvalue weighted by molar-refractivity contribution is 6.02. The van der Waals surface area contributed by atoms with Crippen molar-refractivity contribution >= 4 is 22.7 Å². The molecule has 2 nitrogen and oxygen atoms in total. The number of nitrogens with zero attached hydrogens (tertiary/aromatic N) is 2. The van der Waals surface area contributed by atoms with Crippen LogP contribution in [0.15, 0.2) is 255 Å². The van der Waals surface area contributed by atoms with Crippen LogP contribution >= 0.6 is 0 Å². The Morgan fingerprint density at radius 3 is 0.878 bits per heavy atom. The van der Waals surface area contributed by atoms with Crippen LogP contribution in [0.5, 0.6) is 0 Å². The molecule has 11 aromatic carbocycles. The quantitative estimate of drug-likeness (QED) is 0.150. The van der Waals surface area contributed by atoms with Crippen LogP contribution in [0.4, 0.5) is 22.7 Å². The first-order valence-electron chi connectivity index (χ1n) is 26.4. The minimum atomic E-state index is -0.553. The summed E-state index contributed by atoms with van der Waals surface area (Å²) in [4.78, 5) is 5.03. The van der Waals surface area contributed by atoms with Crippen LogP contribution in [0.25, 0.3) is 66.8 Å². The molecule has 350 valence electrons. The molecule has 0 atom stereocenters. The third-order valence-corrected chi connectivity index (χ3v) is 17.1. The van der Waals surface area contributed by atoms with Gasteiger partial charge in [-0.15, -0.1) is 0 Å². The lowest BCUT2D eigenvalue weighted by atomic mass is 9.68. The maximum absolute atomic E-state index is 2.64. The zero-order valence-electron chi connectivity index (χ0n) is 41.6. The number of para-hydroxylation sites is 2. The van der Waals surface area contributed by atoms with E-state index < -0.39 is 10.8 Å². The van der Waals surface area contributed by atoms with Gasteiger partial charge in [0.05, 0.1) is 10.8 Å². The number of benzene rings is 11. The van der Waals surface area contributed by atoms with Crippen molar-refractivity contribution in [1.29, 1.82) is 0 Å². The molecule has 0 fully saturated rings. The monoisotopic (exact) mass is 944 g/mol. The summed E-state index contributed by atoms with van der Waals surface area (Å²) in [6.07, 6.45) is 0. The highest BCUT2D eigenvalue weighted by atomic mass is 15.1. The molecular formula is C72H52N2. The number of anilines is 4. The lowest BCUT2D eigenvalue weighted by Gasteiger charge is -2.33. The first-order valence-corrected chi connectivity index (χ1v) is 26.4. The Labute approximate surface area is 434 Å². The number of hydrogen-bond acceptors (Lipinski definition) is 2. The Balaban J connectivity index is 1.00. The first-order chi connectivity index (χ1) is 36.6. The van der Waals surface area contributed by atoms with Gasteiger partial charge in [-0.25, -0.2) is 0 Å². The van der Waals surface area contributed by atoms with E-state index in [-0.39, 0.29) is 0 Å². The van der Waals surface area contributed by atoms with Gasteiger partial charge in [-0.05, 0) is 163 Å². The van der Waals surface area contributed by atoms with Gasteiger partial charge in [0.1, 0.15) is 0 Å². The Morgan fingerprint density at radius 2 is 0.527 bits per heavy atom. The summed E-state index contributed by atoms with van der Waals surface area (Å²) >= 11 is 0. The van der Waals surface area contributed by atoms with E-state index in [1.54, 1.807) is 0 Å². The van der Waals surface area contributed by atoms with Gasteiger partial charge in [0, 0.05) is 47.0 Å². The van der Waals surface area contributed by atoms with Crippen molar-refractivity contribution in [2.24, 2.45) is 0 Å². The molecule has 0 heterocycles. The molecule has 2 spiro atoms. The second-order valence-corrected chi connectivity index (χ2v) is 20.3. The summed E-state index contributed by atoms with van der Waals surface area (Å²) < 4.78 is 0. The third kappa shape index (κ3) is 5.66. The molecule has 11 aromatic rings. The summed E-state index contributed by atoms with van der Waals surface area (Å²) in [5, 5.41) is 0. The number of rotatable bonds is 8. The van der Waals surface area contributed by atoms with Gasteiger partial charge in [0.2, 0.25) is 0 Å². The maximum atomic E-state index is 2.64. The Morgan fingerprint density at radius 1 is 0.243 bits per heavy atom. The average molecular weight is 945 g/mol. The molecule has 15 rings (SSSR count). The normalized spacial score (nSPS) is 13.9. The van der Waals surface area contributed by atoms with Gasteiger partial charge in [0.25, 0.3) is 0 Å². The lowest BCUT2D eigenvalue weighted by Crippen LogP contribution is -2.28. The summed E-state index contributed by atoms with van der Waals surface area (Å²) in [5.41, 5.74) is 29.8. The van der Waals surface area contributed by atoms with E-state index in [1.165, 1.54) is 134 Å². The summed E-state index contributed by atoms with van der Waals surface area (Å²) in [7, 11) is 0. The van der Waals surface area contributed by atoms with E-state index in [0.717, 1.165) is 13.1 Å². The Hall–Kier alpha value is -8.98. The lowest BCUT2D eigenvalue weighted by molar-refractivity contribution is 0.782. The molecule has 0 unspecified atom stereocenters.